The minimum atomic E-state index is -0.834. The smallest absolute Gasteiger partial charge is 0.317 e. The summed E-state index contributed by atoms with van der Waals surface area (Å²) in [7, 11) is 0. The van der Waals surface area contributed by atoms with Crippen molar-refractivity contribution in [1.29, 1.82) is 0 Å². The van der Waals surface area contributed by atoms with Crippen LogP contribution in [0.15, 0.2) is 12.4 Å². The lowest BCUT2D eigenvalue weighted by molar-refractivity contribution is -0.142. The van der Waals surface area contributed by atoms with Gasteiger partial charge in [0.05, 0.1) is 18.7 Å². The summed E-state index contributed by atoms with van der Waals surface area (Å²) >= 11 is 0. The van der Waals surface area contributed by atoms with Crippen molar-refractivity contribution in [3.63, 3.8) is 0 Å². The van der Waals surface area contributed by atoms with E-state index in [0.29, 0.717) is 19.6 Å². The van der Waals surface area contributed by atoms with Gasteiger partial charge in [0.25, 0.3) is 0 Å². The van der Waals surface area contributed by atoms with Crippen LogP contribution in [0, 0.1) is 18.8 Å². The van der Waals surface area contributed by atoms with E-state index in [1.807, 2.05) is 20.0 Å². The average molecular weight is 280 g/mol. The summed E-state index contributed by atoms with van der Waals surface area (Å²) in [4.78, 5) is 24.5. The molecule has 2 amide bonds. The molecule has 1 aromatic heterocycles. The number of nitrogens with one attached hydrogen (secondary N) is 1. The predicted octanol–water partition coefficient (Wildman–Crippen LogP) is 0.554. The fourth-order valence-electron chi connectivity index (χ4n) is 2.43. The number of urea groups is 1. The maximum absolute atomic E-state index is 11.9. The monoisotopic (exact) mass is 280 g/mol. The van der Waals surface area contributed by atoms with E-state index in [-0.39, 0.29) is 18.5 Å². The first-order chi connectivity index (χ1) is 9.47. The number of carboxylic acids is 1. The standard InChI is InChI=1S/C13H20N4O3/c1-9-5-15-17(6-9)4-3-14-13(20)16-7-10(2)11(8-16)12(18)19/h5-6,10-11H,3-4,7-8H2,1-2H3,(H,14,20)(H,18,19)/t10-,11-/m1/s1. The number of amides is 2. The molecule has 1 aliphatic heterocycles. The van der Waals surface area contributed by atoms with Gasteiger partial charge in [-0.15, -0.1) is 0 Å². The van der Waals surface area contributed by atoms with E-state index in [0.717, 1.165) is 5.56 Å². The van der Waals surface area contributed by atoms with Gasteiger partial charge in [-0.2, -0.15) is 5.10 Å². The van der Waals surface area contributed by atoms with Crippen molar-refractivity contribution in [3.05, 3.63) is 18.0 Å². The molecule has 0 aromatic carbocycles. The van der Waals surface area contributed by atoms with Gasteiger partial charge in [0, 0.05) is 25.8 Å². The van der Waals surface area contributed by atoms with Crippen molar-refractivity contribution in [2.75, 3.05) is 19.6 Å². The van der Waals surface area contributed by atoms with Crippen molar-refractivity contribution in [2.45, 2.75) is 20.4 Å². The van der Waals surface area contributed by atoms with Crippen LogP contribution >= 0.6 is 0 Å². The first-order valence-corrected chi connectivity index (χ1v) is 6.72. The zero-order valence-corrected chi connectivity index (χ0v) is 11.7. The number of hydrogen-bond donors (Lipinski definition) is 2. The van der Waals surface area contributed by atoms with Gasteiger partial charge in [-0.05, 0) is 18.4 Å². The van der Waals surface area contributed by atoms with Crippen LogP contribution < -0.4 is 5.32 Å². The third kappa shape index (κ3) is 3.28. The van der Waals surface area contributed by atoms with Crippen LogP contribution in [0.5, 0.6) is 0 Å². The van der Waals surface area contributed by atoms with Crippen molar-refractivity contribution in [2.24, 2.45) is 11.8 Å². The molecule has 7 heteroatoms. The average Bonchev–Trinajstić information content (AvgIpc) is 2.95. The number of rotatable bonds is 4. The Morgan fingerprint density at radius 3 is 2.80 bits per heavy atom. The molecule has 0 aliphatic carbocycles. The molecule has 0 radical (unpaired) electrons. The quantitative estimate of drug-likeness (QED) is 0.843. The van der Waals surface area contributed by atoms with Gasteiger partial charge in [-0.1, -0.05) is 6.92 Å². The van der Waals surface area contributed by atoms with Crippen molar-refractivity contribution in [3.8, 4) is 0 Å². The molecule has 1 aliphatic rings. The van der Waals surface area contributed by atoms with Gasteiger partial charge in [0.1, 0.15) is 0 Å². The van der Waals surface area contributed by atoms with Gasteiger partial charge >= 0.3 is 12.0 Å². The molecular weight excluding hydrogens is 260 g/mol. The Labute approximate surface area is 117 Å². The van der Waals surface area contributed by atoms with Crippen LogP contribution in [-0.2, 0) is 11.3 Å². The van der Waals surface area contributed by atoms with Gasteiger partial charge in [-0.25, -0.2) is 4.79 Å². The van der Waals surface area contributed by atoms with E-state index in [4.69, 9.17) is 5.11 Å². The second-order valence-corrected chi connectivity index (χ2v) is 5.34. The lowest BCUT2D eigenvalue weighted by Crippen LogP contribution is -2.40. The number of likely N-dealkylation sites (tertiary alicyclic amines) is 1. The molecule has 1 aromatic rings. The molecular formula is C13H20N4O3. The maximum Gasteiger partial charge on any atom is 0.317 e. The van der Waals surface area contributed by atoms with Crippen molar-refractivity contribution in [1.82, 2.24) is 20.0 Å². The summed E-state index contributed by atoms with van der Waals surface area (Å²) in [6, 6.07) is -0.204. The Balaban J connectivity index is 1.77. The Hall–Kier alpha value is -2.05. The number of carboxylic acid groups (broad SMARTS) is 1. The molecule has 7 nitrogen and oxygen atoms in total. The lowest BCUT2D eigenvalue weighted by atomic mass is 9.99. The highest BCUT2D eigenvalue weighted by Crippen LogP contribution is 2.22. The maximum atomic E-state index is 11.9. The molecule has 0 bridgehead atoms. The third-order valence-corrected chi connectivity index (χ3v) is 3.60. The molecule has 0 unspecified atom stereocenters. The number of carbonyl (C=O) groups excluding carboxylic acids is 1. The number of aliphatic carboxylic acids is 1. The number of aromatic nitrogens is 2. The largest absolute Gasteiger partial charge is 0.481 e. The molecule has 2 N–H and O–H groups in total. The normalized spacial score (nSPS) is 22.0. The summed E-state index contributed by atoms with van der Waals surface area (Å²) in [5.74, 6) is -1.30. The van der Waals surface area contributed by atoms with Crippen LogP contribution in [0.1, 0.15) is 12.5 Å². The number of hydrogen-bond acceptors (Lipinski definition) is 3. The van der Waals surface area contributed by atoms with Gasteiger partial charge < -0.3 is 15.3 Å². The molecule has 110 valence electrons. The second-order valence-electron chi connectivity index (χ2n) is 5.34. The van der Waals surface area contributed by atoms with E-state index in [1.165, 1.54) is 0 Å². The van der Waals surface area contributed by atoms with Crippen LogP contribution in [0.3, 0.4) is 0 Å². The number of nitrogens with zero attached hydrogens (tertiary/aromatic N) is 3. The number of aryl methyl sites for hydroxylation is 1. The topological polar surface area (TPSA) is 87.5 Å². The van der Waals surface area contributed by atoms with Gasteiger partial charge in [0.15, 0.2) is 0 Å². The summed E-state index contributed by atoms with van der Waals surface area (Å²) in [6.45, 7) is 5.67. The highest BCUT2D eigenvalue weighted by Gasteiger charge is 2.36. The first kappa shape index (κ1) is 14.4. The molecule has 0 saturated carbocycles. The predicted molar refractivity (Wildman–Crippen MR) is 72.2 cm³/mol. The fourth-order valence-corrected chi connectivity index (χ4v) is 2.43. The first-order valence-electron chi connectivity index (χ1n) is 6.72. The van der Waals surface area contributed by atoms with E-state index in [1.54, 1.807) is 15.8 Å². The summed E-state index contributed by atoms with van der Waals surface area (Å²) < 4.78 is 1.77. The zero-order chi connectivity index (χ0) is 14.7. The van der Waals surface area contributed by atoms with E-state index in [2.05, 4.69) is 10.4 Å². The molecule has 1 fully saturated rings. The molecule has 20 heavy (non-hydrogen) atoms. The van der Waals surface area contributed by atoms with E-state index >= 15 is 0 Å². The van der Waals surface area contributed by atoms with E-state index in [9.17, 15) is 9.59 Å². The lowest BCUT2D eigenvalue weighted by Gasteiger charge is -2.16. The minimum absolute atomic E-state index is 0.00739. The summed E-state index contributed by atoms with van der Waals surface area (Å²) in [5.41, 5.74) is 1.08. The number of carbonyl (C=O) groups is 2. The van der Waals surface area contributed by atoms with Crippen LogP contribution in [0.4, 0.5) is 4.79 Å². The molecule has 0 spiro atoms. The summed E-state index contributed by atoms with van der Waals surface area (Å²) in [6.07, 6.45) is 3.67. The summed E-state index contributed by atoms with van der Waals surface area (Å²) in [5, 5.41) is 16.0. The SMILES string of the molecule is Cc1cnn(CCNC(=O)N2C[C@@H](C)[C@H](C(=O)O)C2)c1. The fraction of sp³-hybridized carbons (Fsp3) is 0.615. The van der Waals surface area contributed by atoms with Crippen LogP contribution in [0.25, 0.3) is 0 Å². The van der Waals surface area contributed by atoms with E-state index < -0.39 is 11.9 Å². The van der Waals surface area contributed by atoms with Crippen molar-refractivity contribution < 1.29 is 14.7 Å². The minimum Gasteiger partial charge on any atom is -0.481 e. The van der Waals surface area contributed by atoms with Crippen LogP contribution in [-0.4, -0.2) is 51.4 Å². The molecule has 1 saturated heterocycles. The molecule has 2 rings (SSSR count). The Morgan fingerprint density at radius 1 is 1.50 bits per heavy atom. The highest BCUT2D eigenvalue weighted by molar-refractivity contribution is 5.77. The molecule has 2 atom stereocenters. The second kappa shape index (κ2) is 5.94. The Kier molecular flexibility index (Phi) is 4.26. The highest BCUT2D eigenvalue weighted by atomic mass is 16.4. The molecule has 2 heterocycles. The van der Waals surface area contributed by atoms with Gasteiger partial charge in [0.2, 0.25) is 0 Å². The third-order valence-electron chi connectivity index (χ3n) is 3.60. The van der Waals surface area contributed by atoms with Crippen molar-refractivity contribution >= 4 is 12.0 Å². The zero-order valence-electron chi connectivity index (χ0n) is 11.7. The Morgan fingerprint density at radius 2 is 2.25 bits per heavy atom. The van der Waals surface area contributed by atoms with Crippen LogP contribution in [0.2, 0.25) is 0 Å². The van der Waals surface area contributed by atoms with Gasteiger partial charge in [-0.3, -0.25) is 9.48 Å². The Bertz CT molecular complexity index is 500.